The number of fused-ring (bicyclic) bond motifs is 9. The van der Waals surface area contributed by atoms with Crippen molar-refractivity contribution in [3.8, 4) is 55.6 Å². The normalized spacial score (nSPS) is 14.1. The fourth-order valence-corrected chi connectivity index (χ4v) is 11.8. The first-order valence-corrected chi connectivity index (χ1v) is 22.6. The zero-order chi connectivity index (χ0) is 41.7. The molecule has 0 N–H and O–H groups in total. The van der Waals surface area contributed by atoms with E-state index >= 15 is 0 Å². The number of rotatable bonds is 6. The molecule has 0 bridgehead atoms. The first-order chi connectivity index (χ1) is 30.2. The molecule has 62 heavy (non-hydrogen) atoms. The third-order valence-electron chi connectivity index (χ3n) is 13.9. The van der Waals surface area contributed by atoms with Crippen LogP contribution in [0.2, 0.25) is 0 Å². The summed E-state index contributed by atoms with van der Waals surface area (Å²) in [6.07, 6.45) is 0. The highest BCUT2D eigenvalue weighted by molar-refractivity contribution is 7.25. The van der Waals surface area contributed by atoms with Crippen molar-refractivity contribution in [2.75, 3.05) is 4.90 Å². The van der Waals surface area contributed by atoms with Crippen molar-refractivity contribution in [1.29, 1.82) is 0 Å². The fraction of sp³-hybridized carbons (Fsp3) is 0.100. The van der Waals surface area contributed by atoms with E-state index in [9.17, 15) is 0 Å². The van der Waals surface area contributed by atoms with E-state index < -0.39 is 0 Å². The molecule has 1 nitrogen and oxygen atoms in total. The second-order valence-corrected chi connectivity index (χ2v) is 19.2. The number of anilines is 3. The predicted molar refractivity (Wildman–Crippen MR) is 265 cm³/mol. The van der Waals surface area contributed by atoms with Crippen molar-refractivity contribution < 1.29 is 0 Å². The van der Waals surface area contributed by atoms with Crippen LogP contribution in [-0.2, 0) is 10.8 Å². The summed E-state index contributed by atoms with van der Waals surface area (Å²) < 4.78 is 2.65. The van der Waals surface area contributed by atoms with Crippen molar-refractivity contribution in [1.82, 2.24) is 0 Å². The van der Waals surface area contributed by atoms with Crippen molar-refractivity contribution in [2.45, 2.75) is 38.5 Å². The number of hydrogen-bond donors (Lipinski definition) is 0. The van der Waals surface area contributed by atoms with Gasteiger partial charge >= 0.3 is 0 Å². The molecule has 0 amide bonds. The fourth-order valence-electron chi connectivity index (χ4n) is 10.6. The van der Waals surface area contributed by atoms with Crippen molar-refractivity contribution in [3.05, 3.63) is 222 Å². The molecular formula is C60H45NS. The van der Waals surface area contributed by atoms with Gasteiger partial charge in [0.25, 0.3) is 0 Å². The summed E-state index contributed by atoms with van der Waals surface area (Å²) in [6, 6.07) is 74.7. The van der Waals surface area contributed by atoms with Crippen molar-refractivity contribution in [2.24, 2.45) is 0 Å². The quantitative estimate of drug-likeness (QED) is 0.162. The molecule has 0 spiro atoms. The number of nitrogens with zero attached hydrogens (tertiary/aromatic N) is 1. The molecule has 0 saturated carbocycles. The standard InChI is InChI=1S/C60H45NS/c1-59(2)53-17-9-6-13-48(53)51-36-42(28-35-54(51)59)40-22-20-38(21-23-40)39-24-29-43(30-25-39)61(45-33-34-49-47-12-5-8-16-52(47)60(3,4)55(49)37-45)44-31-26-41(27-32-44)46-15-11-19-57-58(46)50-14-7-10-18-56(50)62-57/h5-37H,1-4H3. The summed E-state index contributed by atoms with van der Waals surface area (Å²) in [5, 5.41) is 2.66. The van der Waals surface area contributed by atoms with Crippen molar-refractivity contribution >= 4 is 48.6 Å². The molecule has 0 atom stereocenters. The molecular weight excluding hydrogens is 767 g/mol. The monoisotopic (exact) mass is 811 g/mol. The number of hydrogen-bond acceptors (Lipinski definition) is 2. The van der Waals surface area contributed by atoms with E-state index in [1.54, 1.807) is 0 Å². The summed E-state index contributed by atoms with van der Waals surface area (Å²) >= 11 is 1.87. The van der Waals surface area contributed by atoms with Gasteiger partial charge in [0.15, 0.2) is 0 Å². The Bertz CT molecular complexity index is 3380. The minimum atomic E-state index is -0.101. The Morgan fingerprint density at radius 3 is 1.48 bits per heavy atom. The third kappa shape index (κ3) is 5.60. The number of thiophene rings is 1. The third-order valence-corrected chi connectivity index (χ3v) is 15.1. The maximum Gasteiger partial charge on any atom is 0.0465 e. The van der Waals surface area contributed by atoms with Gasteiger partial charge < -0.3 is 4.90 Å². The minimum Gasteiger partial charge on any atom is -0.310 e. The SMILES string of the molecule is CC1(C)c2ccccc2-c2cc(-c3ccc(-c4ccc(N(c5ccc(-c6cccc7sc8ccccc8c67)cc5)c5ccc6c(c5)C(C)(C)c5ccccc5-6)cc4)cc3)ccc21. The van der Waals surface area contributed by atoms with Gasteiger partial charge in [-0.3, -0.25) is 0 Å². The van der Waals surface area contributed by atoms with Crippen LogP contribution in [0, 0.1) is 0 Å². The van der Waals surface area contributed by atoms with Gasteiger partial charge in [-0.1, -0.05) is 173 Å². The van der Waals surface area contributed by atoms with Crippen LogP contribution in [0.15, 0.2) is 200 Å². The zero-order valence-corrected chi connectivity index (χ0v) is 36.2. The molecule has 2 aliphatic rings. The summed E-state index contributed by atoms with van der Waals surface area (Å²) in [5.74, 6) is 0. The van der Waals surface area contributed by atoms with Gasteiger partial charge in [0.1, 0.15) is 0 Å². The molecule has 9 aromatic carbocycles. The molecule has 2 aliphatic carbocycles. The Morgan fingerprint density at radius 1 is 0.323 bits per heavy atom. The van der Waals surface area contributed by atoms with Gasteiger partial charge in [-0.15, -0.1) is 11.3 Å². The van der Waals surface area contributed by atoms with E-state index in [2.05, 4.69) is 233 Å². The Kier molecular flexibility index (Phi) is 8.17. The van der Waals surface area contributed by atoms with Crippen LogP contribution in [0.4, 0.5) is 17.1 Å². The van der Waals surface area contributed by atoms with Crippen LogP contribution in [0.5, 0.6) is 0 Å². The molecule has 2 heteroatoms. The van der Waals surface area contributed by atoms with Crippen LogP contribution in [-0.4, -0.2) is 0 Å². The van der Waals surface area contributed by atoms with Crippen molar-refractivity contribution in [3.63, 3.8) is 0 Å². The highest BCUT2D eigenvalue weighted by Gasteiger charge is 2.36. The smallest absolute Gasteiger partial charge is 0.0465 e. The highest BCUT2D eigenvalue weighted by Crippen LogP contribution is 2.52. The lowest BCUT2D eigenvalue weighted by atomic mass is 9.82. The Hall–Kier alpha value is -7.00. The molecule has 10 aromatic rings. The van der Waals surface area contributed by atoms with Gasteiger partial charge in [0, 0.05) is 48.1 Å². The summed E-state index contributed by atoms with van der Waals surface area (Å²) in [6.45, 7) is 9.40. The molecule has 12 rings (SSSR count). The van der Waals surface area contributed by atoms with Gasteiger partial charge in [0.2, 0.25) is 0 Å². The van der Waals surface area contributed by atoms with Gasteiger partial charge in [-0.2, -0.15) is 0 Å². The van der Waals surface area contributed by atoms with E-state index in [-0.39, 0.29) is 10.8 Å². The molecule has 1 heterocycles. The van der Waals surface area contributed by atoms with Gasteiger partial charge in [-0.05, 0) is 132 Å². The average molecular weight is 812 g/mol. The van der Waals surface area contributed by atoms with Crippen LogP contribution >= 0.6 is 11.3 Å². The Balaban J connectivity index is 0.904. The zero-order valence-electron chi connectivity index (χ0n) is 35.4. The van der Waals surface area contributed by atoms with Crippen LogP contribution in [0.1, 0.15) is 49.9 Å². The molecule has 0 aliphatic heterocycles. The lowest BCUT2D eigenvalue weighted by Crippen LogP contribution is -2.16. The maximum atomic E-state index is 2.42. The van der Waals surface area contributed by atoms with Crippen LogP contribution in [0.25, 0.3) is 75.8 Å². The molecule has 0 saturated heterocycles. The maximum absolute atomic E-state index is 2.42. The van der Waals surface area contributed by atoms with Crippen LogP contribution in [0.3, 0.4) is 0 Å². The lowest BCUT2D eigenvalue weighted by molar-refractivity contribution is 0.660. The summed E-state index contributed by atoms with van der Waals surface area (Å²) in [7, 11) is 0. The molecule has 0 fully saturated rings. The Morgan fingerprint density at radius 2 is 0.790 bits per heavy atom. The van der Waals surface area contributed by atoms with E-state index in [1.807, 2.05) is 11.3 Å². The van der Waals surface area contributed by atoms with Crippen LogP contribution < -0.4 is 4.90 Å². The predicted octanol–water partition coefficient (Wildman–Crippen LogP) is 17.1. The molecule has 0 radical (unpaired) electrons. The second kappa shape index (κ2) is 13.8. The van der Waals surface area contributed by atoms with Gasteiger partial charge in [-0.25, -0.2) is 0 Å². The van der Waals surface area contributed by atoms with E-state index in [1.165, 1.54) is 98.1 Å². The first kappa shape index (κ1) is 36.8. The minimum absolute atomic E-state index is 0.0114. The highest BCUT2D eigenvalue weighted by atomic mass is 32.1. The molecule has 0 unspecified atom stereocenters. The van der Waals surface area contributed by atoms with E-state index in [0.29, 0.717) is 0 Å². The average Bonchev–Trinajstić information content (AvgIpc) is 3.89. The topological polar surface area (TPSA) is 3.24 Å². The Labute approximate surface area is 368 Å². The second-order valence-electron chi connectivity index (χ2n) is 18.1. The van der Waals surface area contributed by atoms with Gasteiger partial charge in [0.05, 0.1) is 0 Å². The first-order valence-electron chi connectivity index (χ1n) is 21.7. The lowest BCUT2D eigenvalue weighted by Gasteiger charge is -2.28. The molecule has 1 aromatic heterocycles. The van der Waals surface area contributed by atoms with E-state index in [0.717, 1.165) is 17.1 Å². The number of benzene rings is 9. The molecule has 296 valence electrons. The summed E-state index contributed by atoms with van der Waals surface area (Å²) in [5.41, 5.74) is 21.6. The van der Waals surface area contributed by atoms with E-state index in [4.69, 9.17) is 0 Å². The largest absolute Gasteiger partial charge is 0.310 e. The summed E-state index contributed by atoms with van der Waals surface area (Å²) in [4.78, 5) is 2.42.